The quantitative estimate of drug-likeness (QED) is 0.492. The third-order valence-electron chi connectivity index (χ3n) is 5.60. The molecule has 2 aromatic rings. The van der Waals surface area contributed by atoms with Crippen LogP contribution in [-0.4, -0.2) is 41.5 Å². The first kappa shape index (κ1) is 23.6. The fourth-order valence-corrected chi connectivity index (χ4v) is 4.91. The summed E-state index contributed by atoms with van der Waals surface area (Å²) in [6.07, 6.45) is -0.264. The van der Waals surface area contributed by atoms with E-state index >= 15 is 0 Å². The largest absolute Gasteiger partial charge is 0.494 e. The Hall–Kier alpha value is -2.59. The highest BCUT2D eigenvalue weighted by molar-refractivity contribution is 8.14. The first-order valence-electron chi connectivity index (χ1n) is 10.8. The number of nitrogens with zero attached hydrogens (tertiary/aromatic N) is 2. The Bertz CT molecular complexity index is 1080. The second-order valence-electron chi connectivity index (χ2n) is 7.86. The van der Waals surface area contributed by atoms with Gasteiger partial charge < -0.3 is 10.1 Å². The molecule has 1 fully saturated rings. The smallest absolute Gasteiger partial charge is 0.234 e. The lowest BCUT2D eigenvalue weighted by molar-refractivity contribution is -0.113. The first-order valence-corrected chi connectivity index (χ1v) is 12.1. The predicted molar refractivity (Wildman–Crippen MR) is 136 cm³/mol. The van der Waals surface area contributed by atoms with E-state index in [0.717, 1.165) is 17.0 Å². The monoisotopic (exact) mass is 486 g/mol. The van der Waals surface area contributed by atoms with Gasteiger partial charge in [-0.25, -0.2) is 10.4 Å². The minimum absolute atomic E-state index is 0.0442. The summed E-state index contributed by atoms with van der Waals surface area (Å²) >= 11 is 7.67. The van der Waals surface area contributed by atoms with Gasteiger partial charge in [-0.3, -0.25) is 20.5 Å². The second kappa shape index (κ2) is 10.1. The molecule has 2 aliphatic rings. The average Bonchev–Trinajstić information content (AvgIpc) is 3.17. The second-order valence-corrected chi connectivity index (χ2v) is 9.21. The number of halogens is 1. The number of hydrogen-bond acceptors (Lipinski definition) is 7. The van der Waals surface area contributed by atoms with Crippen LogP contribution in [0.2, 0.25) is 5.02 Å². The molecule has 0 spiro atoms. The molecule has 174 valence electrons. The van der Waals surface area contributed by atoms with Crippen LogP contribution in [0.25, 0.3) is 0 Å². The topological polar surface area (TPSA) is 102 Å². The molecular formula is C23H27ClN6O2S. The lowest BCUT2D eigenvalue weighted by Gasteiger charge is -2.36. The number of anilines is 2. The lowest BCUT2D eigenvalue weighted by atomic mass is 9.96. The fraction of sp³-hybridized carbons (Fsp3) is 0.348. The zero-order valence-corrected chi connectivity index (χ0v) is 20.3. The average molecular weight is 487 g/mol. The van der Waals surface area contributed by atoms with E-state index in [0.29, 0.717) is 28.3 Å². The van der Waals surface area contributed by atoms with E-state index in [-0.39, 0.29) is 29.8 Å². The van der Waals surface area contributed by atoms with Crippen LogP contribution in [-0.2, 0) is 4.79 Å². The van der Waals surface area contributed by atoms with Crippen molar-refractivity contribution < 1.29 is 9.53 Å². The van der Waals surface area contributed by atoms with E-state index in [1.807, 2.05) is 68.1 Å². The number of benzene rings is 2. The molecule has 0 radical (unpaired) electrons. The van der Waals surface area contributed by atoms with Crippen LogP contribution in [0.4, 0.5) is 11.4 Å². The zero-order chi connectivity index (χ0) is 23.5. The number of ether oxygens (including phenoxy) is 1. The Labute approximate surface area is 202 Å². The van der Waals surface area contributed by atoms with Crippen LogP contribution < -0.4 is 25.8 Å². The van der Waals surface area contributed by atoms with Crippen molar-refractivity contribution in [3.8, 4) is 5.75 Å². The molecule has 2 aliphatic heterocycles. The van der Waals surface area contributed by atoms with E-state index in [4.69, 9.17) is 26.7 Å². The number of fused-ring (bicyclic) bond motifs is 1. The Morgan fingerprint density at radius 3 is 2.76 bits per heavy atom. The van der Waals surface area contributed by atoms with E-state index in [9.17, 15) is 4.79 Å². The SMILES string of the molecule is CCOc1ccc(NC(=O)CSC2=NC3NNC(C)C3C(=N)N2c2cccc(Cl)c2C)cc1. The van der Waals surface area contributed by atoms with Crippen LogP contribution in [0.3, 0.4) is 0 Å². The van der Waals surface area contributed by atoms with Crippen molar-refractivity contribution in [2.75, 3.05) is 22.6 Å². The molecule has 1 saturated heterocycles. The summed E-state index contributed by atoms with van der Waals surface area (Å²) in [4.78, 5) is 19.3. The molecule has 33 heavy (non-hydrogen) atoms. The molecule has 2 heterocycles. The Kier molecular flexibility index (Phi) is 7.23. The maximum Gasteiger partial charge on any atom is 0.234 e. The number of aliphatic imine (C=N–C) groups is 1. The number of hydrazine groups is 1. The summed E-state index contributed by atoms with van der Waals surface area (Å²) < 4.78 is 5.44. The van der Waals surface area contributed by atoms with Crippen LogP contribution >= 0.6 is 23.4 Å². The first-order chi connectivity index (χ1) is 15.9. The van der Waals surface area contributed by atoms with Crippen molar-refractivity contribution in [1.82, 2.24) is 10.9 Å². The molecule has 4 rings (SSSR count). The molecule has 0 aromatic heterocycles. The minimum atomic E-state index is -0.264. The highest BCUT2D eigenvalue weighted by Crippen LogP contribution is 2.35. The highest BCUT2D eigenvalue weighted by Gasteiger charge is 2.44. The van der Waals surface area contributed by atoms with E-state index in [1.54, 1.807) is 0 Å². The number of thioether (sulfide) groups is 1. The Balaban J connectivity index is 1.52. The van der Waals surface area contributed by atoms with Gasteiger partial charge in [0.25, 0.3) is 0 Å². The molecule has 0 bridgehead atoms. The van der Waals surface area contributed by atoms with Crippen molar-refractivity contribution in [1.29, 1.82) is 5.41 Å². The Morgan fingerprint density at radius 2 is 2.03 bits per heavy atom. The van der Waals surface area contributed by atoms with Crippen molar-refractivity contribution in [2.24, 2.45) is 10.9 Å². The molecule has 1 amide bonds. The fourth-order valence-electron chi connectivity index (χ4n) is 3.90. The van der Waals surface area contributed by atoms with Gasteiger partial charge >= 0.3 is 0 Å². The summed E-state index contributed by atoms with van der Waals surface area (Å²) in [5, 5.41) is 13.1. The zero-order valence-electron chi connectivity index (χ0n) is 18.7. The van der Waals surface area contributed by atoms with Gasteiger partial charge in [0.15, 0.2) is 5.17 Å². The third kappa shape index (κ3) is 5.01. The molecule has 3 atom stereocenters. The predicted octanol–water partition coefficient (Wildman–Crippen LogP) is 4.01. The van der Waals surface area contributed by atoms with Crippen molar-refractivity contribution in [2.45, 2.75) is 33.0 Å². The normalized spacial score (nSPS) is 22.1. The molecule has 2 aromatic carbocycles. The van der Waals surface area contributed by atoms with Crippen LogP contribution in [0.15, 0.2) is 47.5 Å². The number of carbonyl (C=O) groups is 1. The molecule has 0 aliphatic carbocycles. The standard InChI is InChI=1S/C23H27ClN6O2S/c1-4-32-16-10-8-15(9-11-16)26-19(31)12-33-23-27-22-20(14(3)28-29-22)21(25)30(23)18-7-5-6-17(24)13(18)2/h5-11,14,20,22,25,28-29H,4,12H2,1-3H3,(H,26,31). The number of carbonyl (C=O) groups excluding carboxylic acids is 1. The van der Waals surface area contributed by atoms with Crippen LogP contribution in [0.1, 0.15) is 19.4 Å². The van der Waals surface area contributed by atoms with Gasteiger partial charge in [0.1, 0.15) is 17.8 Å². The van der Waals surface area contributed by atoms with Crippen molar-refractivity contribution in [3.05, 3.63) is 53.1 Å². The third-order valence-corrected chi connectivity index (χ3v) is 6.96. The van der Waals surface area contributed by atoms with Crippen molar-refractivity contribution in [3.63, 3.8) is 0 Å². The minimum Gasteiger partial charge on any atom is -0.494 e. The number of amides is 1. The molecular weight excluding hydrogens is 460 g/mol. The maximum absolute atomic E-state index is 12.7. The Morgan fingerprint density at radius 1 is 1.27 bits per heavy atom. The summed E-state index contributed by atoms with van der Waals surface area (Å²) in [5.74, 6) is 1.03. The molecule has 4 N–H and O–H groups in total. The van der Waals surface area contributed by atoms with Crippen LogP contribution in [0.5, 0.6) is 5.75 Å². The lowest BCUT2D eigenvalue weighted by Crippen LogP contribution is -2.50. The number of hydrogen-bond donors (Lipinski definition) is 4. The molecule has 3 unspecified atom stereocenters. The van der Waals surface area contributed by atoms with Crippen molar-refractivity contribution >= 4 is 51.6 Å². The summed E-state index contributed by atoms with van der Waals surface area (Å²) in [6.45, 7) is 6.46. The highest BCUT2D eigenvalue weighted by atomic mass is 35.5. The number of rotatable bonds is 6. The number of nitrogens with one attached hydrogen (secondary N) is 4. The molecule has 0 saturated carbocycles. The maximum atomic E-state index is 12.7. The van der Waals surface area contributed by atoms with Gasteiger partial charge in [0.05, 0.1) is 24.0 Å². The van der Waals surface area contributed by atoms with Crippen LogP contribution in [0, 0.1) is 18.3 Å². The van der Waals surface area contributed by atoms with E-state index in [1.165, 1.54) is 11.8 Å². The van der Waals surface area contributed by atoms with E-state index < -0.39 is 0 Å². The van der Waals surface area contributed by atoms with Gasteiger partial charge in [-0.05, 0) is 62.7 Å². The molecule has 10 heteroatoms. The number of amidine groups is 2. The summed E-state index contributed by atoms with van der Waals surface area (Å²) in [5.41, 5.74) is 8.68. The van der Waals surface area contributed by atoms with Gasteiger partial charge in [0, 0.05) is 16.8 Å². The van der Waals surface area contributed by atoms with Gasteiger partial charge in [-0.1, -0.05) is 29.4 Å². The van der Waals surface area contributed by atoms with E-state index in [2.05, 4.69) is 16.2 Å². The van der Waals surface area contributed by atoms with Gasteiger partial charge in [0.2, 0.25) is 5.91 Å². The summed E-state index contributed by atoms with van der Waals surface area (Å²) in [7, 11) is 0. The molecule has 8 nitrogen and oxygen atoms in total. The van der Waals surface area contributed by atoms with Gasteiger partial charge in [-0.15, -0.1) is 0 Å². The summed E-state index contributed by atoms with van der Waals surface area (Å²) in [6, 6.07) is 12.9. The van der Waals surface area contributed by atoms with Gasteiger partial charge in [-0.2, -0.15) is 0 Å².